The molecular weight excluding hydrogens is 409 g/mol. The van der Waals surface area contributed by atoms with Crippen LogP contribution in [0.1, 0.15) is 28.9 Å². The van der Waals surface area contributed by atoms with Crippen molar-refractivity contribution in [1.82, 2.24) is 19.6 Å². The zero-order chi connectivity index (χ0) is 20.8. The largest absolute Gasteiger partial charge is 0.434 e. The van der Waals surface area contributed by atoms with E-state index in [-0.39, 0.29) is 30.6 Å². The molecule has 2 amide bonds. The summed E-state index contributed by atoms with van der Waals surface area (Å²) in [5.41, 5.74) is -1.48. The Labute approximate surface area is 169 Å². The predicted octanol–water partition coefficient (Wildman–Crippen LogP) is 3.24. The molecule has 1 aromatic carbocycles. The lowest BCUT2D eigenvalue weighted by atomic mass is 10.1. The lowest BCUT2D eigenvalue weighted by molar-refractivity contribution is -0.143. The highest BCUT2D eigenvalue weighted by molar-refractivity contribution is 6.30. The standard InChI is InChI=1S/C19H18ClF3N4O2/c20-13-3-5-14(6-4-13)27-16(19(21,22)23)15(11-24-27)18(29)26-9-7-25(8-10-26)17(28)12-1-2-12/h3-6,11-12H,1-2,7-10H2. The number of hydrogen-bond acceptors (Lipinski definition) is 3. The van der Waals surface area contributed by atoms with Crippen LogP contribution in [0.4, 0.5) is 13.2 Å². The predicted molar refractivity (Wildman–Crippen MR) is 98.8 cm³/mol. The Morgan fingerprint density at radius 3 is 2.14 bits per heavy atom. The molecule has 4 rings (SSSR count). The number of hydrogen-bond donors (Lipinski definition) is 0. The summed E-state index contributed by atoms with van der Waals surface area (Å²) in [5.74, 6) is -0.591. The summed E-state index contributed by atoms with van der Waals surface area (Å²) in [5, 5.41) is 4.19. The number of piperazine rings is 1. The Morgan fingerprint density at radius 1 is 1.00 bits per heavy atom. The van der Waals surface area contributed by atoms with Crippen LogP contribution in [0.2, 0.25) is 5.02 Å². The van der Waals surface area contributed by atoms with E-state index in [2.05, 4.69) is 5.10 Å². The number of benzene rings is 1. The Balaban J connectivity index is 1.57. The molecule has 1 aliphatic heterocycles. The maximum Gasteiger partial charge on any atom is 0.434 e. The number of halogens is 4. The van der Waals surface area contributed by atoms with Gasteiger partial charge in [-0.15, -0.1) is 0 Å². The third kappa shape index (κ3) is 3.96. The molecule has 2 fully saturated rings. The van der Waals surface area contributed by atoms with Crippen molar-refractivity contribution in [3.63, 3.8) is 0 Å². The average Bonchev–Trinajstić information content (AvgIpc) is 3.44. The fourth-order valence-electron chi connectivity index (χ4n) is 3.44. The monoisotopic (exact) mass is 426 g/mol. The van der Waals surface area contributed by atoms with Crippen molar-refractivity contribution in [1.29, 1.82) is 0 Å². The van der Waals surface area contributed by atoms with Crippen molar-refractivity contribution in [3.05, 3.63) is 46.7 Å². The van der Waals surface area contributed by atoms with Gasteiger partial charge in [-0.25, -0.2) is 4.68 Å². The number of amides is 2. The van der Waals surface area contributed by atoms with E-state index in [0.29, 0.717) is 22.8 Å². The molecular formula is C19H18ClF3N4O2. The first-order chi connectivity index (χ1) is 13.8. The van der Waals surface area contributed by atoms with Crippen LogP contribution < -0.4 is 0 Å². The molecule has 0 radical (unpaired) electrons. The van der Waals surface area contributed by atoms with Gasteiger partial charge in [-0.05, 0) is 37.1 Å². The van der Waals surface area contributed by atoms with Crippen LogP contribution >= 0.6 is 11.6 Å². The van der Waals surface area contributed by atoms with Gasteiger partial charge in [-0.2, -0.15) is 18.3 Å². The zero-order valence-corrected chi connectivity index (χ0v) is 16.1. The first kappa shape index (κ1) is 19.8. The summed E-state index contributed by atoms with van der Waals surface area (Å²) >= 11 is 5.80. The second-order valence-corrected chi connectivity index (χ2v) is 7.62. The van der Waals surface area contributed by atoms with Crippen LogP contribution in [0, 0.1) is 5.92 Å². The van der Waals surface area contributed by atoms with Crippen LogP contribution in [-0.4, -0.2) is 57.6 Å². The van der Waals surface area contributed by atoms with E-state index < -0.39 is 23.3 Å². The Bertz CT molecular complexity index is 930. The summed E-state index contributed by atoms with van der Waals surface area (Å²) in [7, 11) is 0. The quantitative estimate of drug-likeness (QED) is 0.757. The highest BCUT2D eigenvalue weighted by atomic mass is 35.5. The van der Waals surface area contributed by atoms with Crippen molar-refractivity contribution in [2.75, 3.05) is 26.2 Å². The van der Waals surface area contributed by atoms with Crippen molar-refractivity contribution in [2.45, 2.75) is 19.0 Å². The molecule has 1 saturated carbocycles. The molecule has 10 heteroatoms. The number of carbonyl (C=O) groups is 2. The SMILES string of the molecule is O=C(c1cnn(-c2ccc(Cl)cc2)c1C(F)(F)F)N1CCN(C(=O)C2CC2)CC1. The van der Waals surface area contributed by atoms with E-state index in [4.69, 9.17) is 11.6 Å². The highest BCUT2D eigenvalue weighted by Crippen LogP contribution is 2.35. The van der Waals surface area contributed by atoms with Crippen LogP contribution in [0.3, 0.4) is 0 Å². The first-order valence-corrected chi connectivity index (χ1v) is 9.62. The van der Waals surface area contributed by atoms with Gasteiger partial charge in [0, 0.05) is 37.1 Å². The minimum Gasteiger partial charge on any atom is -0.339 e. The molecule has 0 spiro atoms. The molecule has 1 saturated heterocycles. The lowest BCUT2D eigenvalue weighted by Gasteiger charge is -2.35. The molecule has 2 heterocycles. The van der Waals surface area contributed by atoms with E-state index in [0.717, 1.165) is 19.0 Å². The van der Waals surface area contributed by atoms with Crippen LogP contribution in [-0.2, 0) is 11.0 Å². The second kappa shape index (κ2) is 7.37. The van der Waals surface area contributed by atoms with E-state index in [9.17, 15) is 22.8 Å². The third-order valence-corrected chi connectivity index (χ3v) is 5.40. The minimum absolute atomic E-state index is 0.0728. The summed E-state index contributed by atoms with van der Waals surface area (Å²) in [6.07, 6.45) is -2.06. The molecule has 29 heavy (non-hydrogen) atoms. The fourth-order valence-corrected chi connectivity index (χ4v) is 3.57. The summed E-state index contributed by atoms with van der Waals surface area (Å²) in [4.78, 5) is 28.0. The molecule has 2 aromatic rings. The molecule has 154 valence electrons. The van der Waals surface area contributed by atoms with E-state index in [1.54, 1.807) is 4.90 Å². The zero-order valence-electron chi connectivity index (χ0n) is 15.3. The fraction of sp³-hybridized carbons (Fsp3) is 0.421. The van der Waals surface area contributed by atoms with Gasteiger partial charge in [-0.3, -0.25) is 9.59 Å². The third-order valence-electron chi connectivity index (χ3n) is 5.14. The maximum atomic E-state index is 13.8. The molecule has 0 N–H and O–H groups in total. The van der Waals surface area contributed by atoms with Gasteiger partial charge in [0.25, 0.3) is 5.91 Å². The molecule has 6 nitrogen and oxygen atoms in total. The minimum atomic E-state index is -4.77. The van der Waals surface area contributed by atoms with Gasteiger partial charge in [-0.1, -0.05) is 11.6 Å². The molecule has 2 aliphatic rings. The van der Waals surface area contributed by atoms with Crippen LogP contribution in [0.5, 0.6) is 0 Å². The molecule has 0 unspecified atom stereocenters. The van der Waals surface area contributed by atoms with Gasteiger partial charge >= 0.3 is 6.18 Å². The number of nitrogens with zero attached hydrogens (tertiary/aromatic N) is 4. The molecule has 1 aromatic heterocycles. The summed E-state index contributed by atoms with van der Waals surface area (Å²) in [6.45, 7) is 1.04. The Morgan fingerprint density at radius 2 is 1.59 bits per heavy atom. The second-order valence-electron chi connectivity index (χ2n) is 7.18. The van der Waals surface area contributed by atoms with Crippen molar-refractivity contribution < 1.29 is 22.8 Å². The van der Waals surface area contributed by atoms with Gasteiger partial charge in [0.05, 0.1) is 17.4 Å². The topological polar surface area (TPSA) is 58.4 Å². The molecule has 1 aliphatic carbocycles. The normalized spacial score (nSPS) is 17.5. The van der Waals surface area contributed by atoms with Crippen molar-refractivity contribution >= 4 is 23.4 Å². The van der Waals surface area contributed by atoms with Gasteiger partial charge in [0.15, 0.2) is 5.69 Å². The van der Waals surface area contributed by atoms with Crippen LogP contribution in [0.15, 0.2) is 30.5 Å². The number of aromatic nitrogens is 2. The van der Waals surface area contributed by atoms with Crippen LogP contribution in [0.25, 0.3) is 5.69 Å². The van der Waals surface area contributed by atoms with E-state index >= 15 is 0 Å². The Hall–Kier alpha value is -2.55. The smallest absolute Gasteiger partial charge is 0.339 e. The number of carbonyl (C=O) groups excluding carboxylic acids is 2. The number of alkyl halides is 3. The van der Waals surface area contributed by atoms with E-state index in [1.165, 1.54) is 29.2 Å². The van der Waals surface area contributed by atoms with Gasteiger partial charge in [0.2, 0.25) is 5.91 Å². The highest BCUT2D eigenvalue weighted by Gasteiger charge is 2.42. The lowest BCUT2D eigenvalue weighted by Crippen LogP contribution is -2.51. The first-order valence-electron chi connectivity index (χ1n) is 9.25. The average molecular weight is 427 g/mol. The van der Waals surface area contributed by atoms with Crippen molar-refractivity contribution in [3.8, 4) is 5.69 Å². The number of rotatable bonds is 3. The maximum absolute atomic E-state index is 13.8. The van der Waals surface area contributed by atoms with Gasteiger partial charge < -0.3 is 9.80 Å². The van der Waals surface area contributed by atoms with Crippen molar-refractivity contribution in [2.24, 2.45) is 5.92 Å². The van der Waals surface area contributed by atoms with Gasteiger partial charge in [0.1, 0.15) is 0 Å². The Kier molecular flexibility index (Phi) is 5.02. The van der Waals surface area contributed by atoms with E-state index in [1.807, 2.05) is 0 Å². The summed E-state index contributed by atoms with van der Waals surface area (Å²) < 4.78 is 42.1. The molecule has 0 atom stereocenters. The molecule has 0 bridgehead atoms. The summed E-state index contributed by atoms with van der Waals surface area (Å²) in [6, 6.07) is 5.72.